The number of ether oxygens (including phenoxy) is 1. The van der Waals surface area contributed by atoms with Gasteiger partial charge in [0.1, 0.15) is 6.61 Å². The SMILES string of the molecule is COCC(=O)c1nsc(N)n1. The van der Waals surface area contributed by atoms with Gasteiger partial charge in [0.2, 0.25) is 11.6 Å². The number of carbonyl (C=O) groups is 1. The van der Waals surface area contributed by atoms with E-state index in [0.29, 0.717) is 5.13 Å². The first kappa shape index (κ1) is 8.09. The Bertz CT molecular complexity index is 260. The molecule has 0 amide bonds. The van der Waals surface area contributed by atoms with Gasteiger partial charge in [-0.05, 0) is 0 Å². The Kier molecular flexibility index (Phi) is 2.50. The number of methoxy groups -OCH3 is 1. The van der Waals surface area contributed by atoms with Gasteiger partial charge in [0, 0.05) is 18.6 Å². The summed E-state index contributed by atoms with van der Waals surface area (Å²) in [7, 11) is 1.44. The van der Waals surface area contributed by atoms with Crippen molar-refractivity contribution in [3.63, 3.8) is 0 Å². The number of nitrogen functional groups attached to an aromatic ring is 1. The summed E-state index contributed by atoms with van der Waals surface area (Å²) in [5.41, 5.74) is 5.26. The van der Waals surface area contributed by atoms with Crippen molar-refractivity contribution in [2.75, 3.05) is 19.5 Å². The minimum atomic E-state index is -0.250. The minimum absolute atomic E-state index is 0.00380. The molecule has 0 saturated carbocycles. The van der Waals surface area contributed by atoms with Crippen molar-refractivity contribution in [2.45, 2.75) is 0 Å². The van der Waals surface area contributed by atoms with Crippen LogP contribution in [0.4, 0.5) is 5.13 Å². The number of hydrogen-bond acceptors (Lipinski definition) is 6. The second-order valence-corrected chi connectivity index (χ2v) is 2.60. The summed E-state index contributed by atoms with van der Waals surface area (Å²) in [4.78, 5) is 14.6. The van der Waals surface area contributed by atoms with Crippen molar-refractivity contribution in [2.24, 2.45) is 0 Å². The van der Waals surface area contributed by atoms with Crippen molar-refractivity contribution in [3.8, 4) is 0 Å². The second kappa shape index (κ2) is 3.40. The van der Waals surface area contributed by atoms with Gasteiger partial charge >= 0.3 is 0 Å². The number of ketones is 1. The molecule has 0 aliphatic carbocycles. The molecule has 0 aliphatic heterocycles. The first-order valence-electron chi connectivity index (χ1n) is 2.85. The highest BCUT2D eigenvalue weighted by Crippen LogP contribution is 2.05. The minimum Gasteiger partial charge on any atom is -0.376 e. The fourth-order valence-corrected chi connectivity index (χ4v) is 0.994. The van der Waals surface area contributed by atoms with Crippen molar-refractivity contribution in [1.29, 1.82) is 0 Å². The lowest BCUT2D eigenvalue weighted by atomic mass is 10.4. The van der Waals surface area contributed by atoms with Gasteiger partial charge in [-0.25, -0.2) is 0 Å². The van der Waals surface area contributed by atoms with Crippen LogP contribution in [0, 0.1) is 0 Å². The Labute approximate surface area is 67.4 Å². The average molecular weight is 173 g/mol. The van der Waals surface area contributed by atoms with E-state index in [1.165, 1.54) is 7.11 Å². The number of rotatable bonds is 3. The van der Waals surface area contributed by atoms with Gasteiger partial charge < -0.3 is 10.5 Å². The molecule has 1 heterocycles. The van der Waals surface area contributed by atoms with Crippen LogP contribution in [0.3, 0.4) is 0 Å². The molecule has 5 nitrogen and oxygen atoms in total. The molecule has 1 rings (SSSR count). The van der Waals surface area contributed by atoms with Crippen molar-refractivity contribution >= 4 is 22.4 Å². The van der Waals surface area contributed by atoms with Gasteiger partial charge in [-0.15, -0.1) is 0 Å². The zero-order valence-electron chi connectivity index (χ0n) is 5.90. The molecule has 11 heavy (non-hydrogen) atoms. The van der Waals surface area contributed by atoms with E-state index in [1.807, 2.05) is 0 Å². The van der Waals surface area contributed by atoms with E-state index in [0.717, 1.165) is 11.5 Å². The number of nitrogens with two attached hydrogens (primary N) is 1. The molecule has 0 fully saturated rings. The molecule has 0 atom stereocenters. The number of aromatic nitrogens is 2. The highest BCUT2D eigenvalue weighted by atomic mass is 32.1. The fraction of sp³-hybridized carbons (Fsp3) is 0.400. The maximum absolute atomic E-state index is 11.0. The summed E-state index contributed by atoms with van der Waals surface area (Å²) in [6.45, 7) is -0.00380. The molecule has 0 aliphatic rings. The lowest BCUT2D eigenvalue weighted by Crippen LogP contribution is -2.08. The molecule has 0 bridgehead atoms. The highest BCUT2D eigenvalue weighted by Gasteiger charge is 2.10. The van der Waals surface area contributed by atoms with Crippen molar-refractivity contribution in [1.82, 2.24) is 9.36 Å². The van der Waals surface area contributed by atoms with Gasteiger partial charge in [0.15, 0.2) is 5.13 Å². The van der Waals surface area contributed by atoms with E-state index >= 15 is 0 Å². The molecule has 2 N–H and O–H groups in total. The third-order valence-electron chi connectivity index (χ3n) is 0.967. The molecule has 1 aromatic heterocycles. The summed E-state index contributed by atoms with van der Waals surface area (Å²) in [5, 5.41) is 0.296. The predicted octanol–water partition coefficient (Wildman–Crippen LogP) is -0.0506. The zero-order valence-corrected chi connectivity index (χ0v) is 6.72. The molecular formula is C5H7N3O2S. The van der Waals surface area contributed by atoms with Crippen LogP contribution in [0.2, 0.25) is 0 Å². The molecule has 6 heteroatoms. The number of nitrogens with zero attached hydrogens (tertiary/aromatic N) is 2. The van der Waals surface area contributed by atoms with Crippen LogP contribution in [0.15, 0.2) is 0 Å². The fourth-order valence-electron chi connectivity index (χ4n) is 0.544. The lowest BCUT2D eigenvalue weighted by Gasteiger charge is -1.90. The molecule has 0 spiro atoms. The average Bonchev–Trinajstić information content (AvgIpc) is 2.36. The summed E-state index contributed by atoms with van der Waals surface area (Å²) in [6.07, 6.45) is 0. The summed E-state index contributed by atoms with van der Waals surface area (Å²) in [5.74, 6) is -0.116. The van der Waals surface area contributed by atoms with Crippen LogP contribution in [-0.2, 0) is 4.74 Å². The largest absolute Gasteiger partial charge is 0.376 e. The predicted molar refractivity (Wildman–Crippen MR) is 40.5 cm³/mol. The Balaban J connectivity index is 2.69. The van der Waals surface area contributed by atoms with E-state index in [9.17, 15) is 4.79 Å². The molecular weight excluding hydrogens is 166 g/mol. The number of anilines is 1. The maximum Gasteiger partial charge on any atom is 0.226 e. The Hall–Kier alpha value is -1.01. The van der Waals surface area contributed by atoms with Crippen LogP contribution >= 0.6 is 11.5 Å². The van der Waals surface area contributed by atoms with Crippen LogP contribution < -0.4 is 5.73 Å². The van der Waals surface area contributed by atoms with Gasteiger partial charge in [0.25, 0.3) is 0 Å². The second-order valence-electron chi connectivity index (χ2n) is 1.81. The van der Waals surface area contributed by atoms with E-state index in [4.69, 9.17) is 5.73 Å². The third-order valence-corrected chi connectivity index (χ3v) is 1.51. The summed E-state index contributed by atoms with van der Waals surface area (Å²) < 4.78 is 8.31. The highest BCUT2D eigenvalue weighted by molar-refractivity contribution is 7.09. The van der Waals surface area contributed by atoms with E-state index in [-0.39, 0.29) is 18.2 Å². The van der Waals surface area contributed by atoms with E-state index in [1.54, 1.807) is 0 Å². The third kappa shape index (κ3) is 1.95. The standard InChI is InChI=1S/C5H7N3O2S/c1-10-2-3(9)4-7-5(6)11-8-4/h2H2,1H3,(H2,6,7,8). The van der Waals surface area contributed by atoms with Crippen LogP contribution in [0.5, 0.6) is 0 Å². The van der Waals surface area contributed by atoms with Crippen molar-refractivity contribution in [3.05, 3.63) is 5.82 Å². The Morgan fingerprint density at radius 3 is 3.00 bits per heavy atom. The first-order valence-corrected chi connectivity index (χ1v) is 3.62. The molecule has 0 unspecified atom stereocenters. The molecule has 60 valence electrons. The molecule has 0 radical (unpaired) electrons. The summed E-state index contributed by atoms with van der Waals surface area (Å²) in [6, 6.07) is 0. The lowest BCUT2D eigenvalue weighted by molar-refractivity contribution is 0.0839. The normalized spacial score (nSPS) is 9.91. The molecule has 0 saturated heterocycles. The Morgan fingerprint density at radius 1 is 1.82 bits per heavy atom. The Morgan fingerprint density at radius 2 is 2.55 bits per heavy atom. The summed E-state index contributed by atoms with van der Waals surface area (Å²) >= 11 is 0.999. The molecule has 0 aromatic carbocycles. The monoisotopic (exact) mass is 173 g/mol. The smallest absolute Gasteiger partial charge is 0.226 e. The van der Waals surface area contributed by atoms with Crippen LogP contribution in [-0.4, -0.2) is 28.9 Å². The van der Waals surface area contributed by atoms with Gasteiger partial charge in [-0.3, -0.25) is 4.79 Å². The van der Waals surface area contributed by atoms with E-state index < -0.39 is 0 Å². The first-order chi connectivity index (χ1) is 5.24. The van der Waals surface area contributed by atoms with Gasteiger partial charge in [0.05, 0.1) is 0 Å². The topological polar surface area (TPSA) is 78.1 Å². The van der Waals surface area contributed by atoms with Crippen LogP contribution in [0.1, 0.15) is 10.6 Å². The van der Waals surface area contributed by atoms with Gasteiger partial charge in [-0.1, -0.05) is 0 Å². The van der Waals surface area contributed by atoms with E-state index in [2.05, 4.69) is 14.1 Å². The zero-order chi connectivity index (χ0) is 8.27. The quantitative estimate of drug-likeness (QED) is 0.648. The van der Waals surface area contributed by atoms with Gasteiger partial charge in [-0.2, -0.15) is 9.36 Å². The molecule has 1 aromatic rings. The maximum atomic E-state index is 11.0. The number of carbonyl (C=O) groups excluding carboxylic acids is 1. The van der Waals surface area contributed by atoms with Crippen molar-refractivity contribution < 1.29 is 9.53 Å². The van der Waals surface area contributed by atoms with Crippen LogP contribution in [0.25, 0.3) is 0 Å². The number of Topliss-reactive ketones (excluding diaryl/α,β-unsaturated/α-hetero) is 1. The number of hydrogen-bond donors (Lipinski definition) is 1.